The summed E-state index contributed by atoms with van der Waals surface area (Å²) in [7, 11) is 13.3. The Morgan fingerprint density at radius 1 is 0.254 bits per heavy atom. The lowest BCUT2D eigenvalue weighted by Crippen LogP contribution is -2.39. The van der Waals surface area contributed by atoms with E-state index in [1.54, 1.807) is 56.9 Å². The zero-order chi connectivity index (χ0) is 44.2. The van der Waals surface area contributed by atoms with E-state index in [-0.39, 0.29) is 35.5 Å². The zero-order valence-corrected chi connectivity index (χ0v) is 38.4. The highest BCUT2D eigenvalue weighted by atomic mass is 16.5. The van der Waals surface area contributed by atoms with Crippen LogP contribution in [0, 0.1) is 35.5 Å². The van der Waals surface area contributed by atoms with Crippen molar-refractivity contribution in [1.29, 1.82) is 0 Å². The summed E-state index contributed by atoms with van der Waals surface area (Å²) >= 11 is 0. The monoisotopic (exact) mass is 862 g/mol. The maximum absolute atomic E-state index is 10.7. The van der Waals surface area contributed by atoms with Crippen molar-refractivity contribution in [3.8, 4) is 0 Å². The average molecular weight is 862 g/mol. The fourth-order valence-electron chi connectivity index (χ4n) is 6.63. The van der Waals surface area contributed by atoms with E-state index in [2.05, 4.69) is 0 Å². The van der Waals surface area contributed by atoms with Gasteiger partial charge in [0.1, 0.15) is 0 Å². The van der Waals surface area contributed by atoms with E-state index in [1.807, 2.05) is 0 Å². The summed E-state index contributed by atoms with van der Waals surface area (Å²) in [5.41, 5.74) is 0. The predicted molar refractivity (Wildman–Crippen MR) is 226 cm³/mol. The lowest BCUT2D eigenvalue weighted by molar-refractivity contribution is -0.0522. The third kappa shape index (κ3) is 34.5. The van der Waals surface area contributed by atoms with Crippen molar-refractivity contribution in [3.05, 3.63) is 0 Å². The molecule has 0 bridgehead atoms. The summed E-state index contributed by atoms with van der Waals surface area (Å²) in [5, 5.41) is 0. The smallest absolute Gasteiger partial charge is 0.0700 e. The largest absolute Gasteiger partial charge is 0.382 e. The number of rotatable bonds is 50. The second-order valence-electron chi connectivity index (χ2n) is 14.2. The van der Waals surface area contributed by atoms with Crippen LogP contribution in [0.5, 0.6) is 0 Å². The van der Waals surface area contributed by atoms with Crippen molar-refractivity contribution < 1.29 is 77.2 Å². The summed E-state index contributed by atoms with van der Waals surface area (Å²) in [4.78, 5) is 0. The summed E-state index contributed by atoms with van der Waals surface area (Å²) in [6, 6.07) is 0. The van der Waals surface area contributed by atoms with Crippen molar-refractivity contribution in [2.45, 2.75) is 32.1 Å². The Balaban J connectivity index is 7.54. The fraction of sp³-hybridized carbons (Fsp3) is 1.00. The number of methoxy groups -OCH3 is 8. The normalized spacial score (nSPS) is 15.8. The Hall–Kier alpha value is -0.640. The van der Waals surface area contributed by atoms with Gasteiger partial charge in [-0.2, -0.15) is 0 Å². The first-order chi connectivity index (χ1) is 29.5. The van der Waals surface area contributed by atoms with Gasteiger partial charge in [0.05, 0.1) is 106 Å². The van der Waals surface area contributed by atoms with Gasteiger partial charge in [0.2, 0.25) is 0 Å². The van der Waals surface area contributed by atoms with Gasteiger partial charge in [0, 0.05) is 111 Å². The van der Waals surface area contributed by atoms with Crippen molar-refractivity contribution in [3.63, 3.8) is 0 Å². The standard InChI is InChI=1S/C43H88O16/c1-44-17-25-52-13-9-38(34-56-29-21-48-5)42(39(35-57-30-22-49-6)10-14-53-26-18-45-2)33-43(40(36-58-31-23-50-7)11-15-54-27-19-46-3)41(37-59-32-24-51-8)12-16-55-28-20-47-4/h38-43H,9-37H2,1-8H3/i33D. The van der Waals surface area contributed by atoms with Gasteiger partial charge >= 0.3 is 0 Å². The molecule has 0 N–H and O–H groups in total. The van der Waals surface area contributed by atoms with E-state index in [0.717, 1.165) is 0 Å². The third-order valence-electron chi connectivity index (χ3n) is 9.94. The van der Waals surface area contributed by atoms with E-state index in [0.29, 0.717) is 184 Å². The van der Waals surface area contributed by atoms with Crippen LogP contribution in [-0.2, 0) is 75.8 Å². The minimum Gasteiger partial charge on any atom is -0.382 e. The Bertz CT molecular complexity index is 716. The fourth-order valence-corrected chi connectivity index (χ4v) is 6.63. The van der Waals surface area contributed by atoms with Crippen molar-refractivity contribution in [1.82, 2.24) is 0 Å². The molecule has 0 aliphatic heterocycles. The first kappa shape index (κ1) is 56.4. The second-order valence-corrected chi connectivity index (χ2v) is 14.2. The van der Waals surface area contributed by atoms with Gasteiger partial charge in [0.25, 0.3) is 0 Å². The molecule has 0 saturated heterocycles. The molecule has 0 amide bonds. The number of hydrogen-bond acceptors (Lipinski definition) is 16. The molecule has 0 rings (SSSR count). The summed E-state index contributed by atoms with van der Waals surface area (Å²) in [6.07, 6.45) is 2.00. The van der Waals surface area contributed by atoms with E-state index in [9.17, 15) is 1.37 Å². The summed E-state index contributed by atoms with van der Waals surface area (Å²) < 4.78 is 103. The minimum atomic E-state index is -0.639. The van der Waals surface area contributed by atoms with Crippen molar-refractivity contribution in [2.75, 3.05) is 215 Å². The Morgan fingerprint density at radius 2 is 0.441 bits per heavy atom. The van der Waals surface area contributed by atoms with Gasteiger partial charge in [-0.1, -0.05) is 0 Å². The van der Waals surface area contributed by atoms with Crippen LogP contribution in [0.2, 0.25) is 0 Å². The topological polar surface area (TPSA) is 148 Å². The van der Waals surface area contributed by atoms with Gasteiger partial charge in [-0.15, -0.1) is 0 Å². The average Bonchev–Trinajstić information content (AvgIpc) is 3.25. The first-order valence-corrected chi connectivity index (χ1v) is 21.5. The van der Waals surface area contributed by atoms with E-state index < -0.39 is 6.40 Å². The molecule has 0 aliphatic carbocycles. The molecule has 0 aromatic rings. The molecule has 59 heavy (non-hydrogen) atoms. The molecule has 0 aromatic heterocycles. The van der Waals surface area contributed by atoms with Crippen LogP contribution >= 0.6 is 0 Å². The molecule has 4 unspecified atom stereocenters. The molecular weight excluding hydrogens is 772 g/mol. The summed E-state index contributed by atoms with van der Waals surface area (Å²) in [5.74, 6) is -0.834. The maximum Gasteiger partial charge on any atom is 0.0700 e. The highest BCUT2D eigenvalue weighted by Crippen LogP contribution is 2.41. The maximum atomic E-state index is 10.7. The van der Waals surface area contributed by atoms with Gasteiger partial charge < -0.3 is 75.8 Å². The lowest BCUT2D eigenvalue weighted by Gasteiger charge is -2.41. The highest BCUT2D eigenvalue weighted by molar-refractivity contribution is 4.86. The Labute approximate surface area is 359 Å². The van der Waals surface area contributed by atoms with Crippen molar-refractivity contribution in [2.24, 2.45) is 35.5 Å². The quantitative estimate of drug-likeness (QED) is 0.0813. The number of hydrogen-bond donors (Lipinski definition) is 0. The van der Waals surface area contributed by atoms with Crippen LogP contribution in [0.3, 0.4) is 0 Å². The molecular formula is C43H88O16. The molecule has 0 aliphatic rings. The van der Waals surface area contributed by atoms with Gasteiger partial charge in [-0.05, 0) is 67.6 Å². The molecule has 0 heterocycles. The summed E-state index contributed by atoms with van der Waals surface area (Å²) in [6.45, 7) is 10.9. The van der Waals surface area contributed by atoms with Gasteiger partial charge in [-0.25, -0.2) is 0 Å². The molecule has 16 heteroatoms. The van der Waals surface area contributed by atoms with Crippen LogP contribution in [0.4, 0.5) is 0 Å². The molecule has 0 spiro atoms. The van der Waals surface area contributed by atoms with Crippen molar-refractivity contribution >= 4 is 0 Å². The van der Waals surface area contributed by atoms with Crippen LogP contribution < -0.4 is 0 Å². The molecule has 0 fully saturated rings. The molecule has 0 aromatic carbocycles. The number of ether oxygens (including phenoxy) is 16. The SMILES string of the molecule is [2H]C(C(C(CCOCCOC)COCCOC)C(CCOCCOC)COCCOC)C(C(CCOCCOC)COCCOC)C(CCOCCOC)COCCOC. The molecule has 0 saturated carbocycles. The predicted octanol–water partition coefficient (Wildman–Crippen LogP) is 3.94. The molecule has 356 valence electrons. The van der Waals surface area contributed by atoms with Crippen LogP contribution in [0.25, 0.3) is 0 Å². The lowest BCUT2D eigenvalue weighted by atomic mass is 9.67. The third-order valence-corrected chi connectivity index (χ3v) is 9.94. The van der Waals surface area contributed by atoms with E-state index in [4.69, 9.17) is 75.8 Å². The zero-order valence-electron chi connectivity index (χ0n) is 39.4. The van der Waals surface area contributed by atoms with Gasteiger partial charge in [-0.3, -0.25) is 0 Å². The Morgan fingerprint density at radius 3 is 0.627 bits per heavy atom. The molecule has 16 nitrogen and oxygen atoms in total. The Kier molecular flexibility index (Phi) is 44.8. The van der Waals surface area contributed by atoms with Crippen LogP contribution in [0.15, 0.2) is 0 Å². The van der Waals surface area contributed by atoms with Crippen LogP contribution in [-0.4, -0.2) is 215 Å². The highest BCUT2D eigenvalue weighted by Gasteiger charge is 2.38. The molecule has 4 atom stereocenters. The van der Waals surface area contributed by atoms with Gasteiger partial charge in [0.15, 0.2) is 0 Å². The second kappa shape index (κ2) is 46.9. The van der Waals surface area contributed by atoms with E-state index in [1.165, 1.54) is 0 Å². The first-order valence-electron chi connectivity index (χ1n) is 22.0. The van der Waals surface area contributed by atoms with E-state index >= 15 is 0 Å². The minimum absolute atomic E-state index is 0.0922. The van der Waals surface area contributed by atoms with Crippen LogP contribution in [0.1, 0.15) is 33.5 Å². The molecule has 0 radical (unpaired) electrons.